The molecule has 18 heavy (non-hydrogen) atoms. The topological polar surface area (TPSA) is 46.3 Å². The predicted molar refractivity (Wildman–Crippen MR) is 67.2 cm³/mol. The minimum atomic E-state index is -0.886. The molecule has 0 saturated heterocycles. The summed E-state index contributed by atoms with van der Waals surface area (Å²) in [5, 5.41) is 0. The highest BCUT2D eigenvalue weighted by atomic mass is 19.1. The molecule has 2 N–H and O–H groups in total. The third-order valence-corrected chi connectivity index (χ3v) is 2.71. The van der Waals surface area contributed by atoms with Gasteiger partial charge in [0.25, 0.3) is 5.91 Å². The summed E-state index contributed by atoms with van der Waals surface area (Å²) in [6.45, 7) is 4.59. The molecule has 0 aliphatic carbocycles. The third kappa shape index (κ3) is 3.42. The number of amides is 1. The maximum absolute atomic E-state index is 13.5. The van der Waals surface area contributed by atoms with Gasteiger partial charge in [-0.1, -0.05) is 13.8 Å². The van der Waals surface area contributed by atoms with E-state index in [2.05, 4.69) is 0 Å². The van der Waals surface area contributed by atoms with Crippen molar-refractivity contribution in [2.75, 3.05) is 19.3 Å². The molecule has 0 aliphatic heterocycles. The molecule has 1 amide bonds. The lowest BCUT2D eigenvalue weighted by molar-refractivity contribution is 0.0784. The fourth-order valence-corrected chi connectivity index (χ4v) is 1.49. The van der Waals surface area contributed by atoms with Gasteiger partial charge in [0.1, 0.15) is 11.6 Å². The van der Waals surface area contributed by atoms with Crippen molar-refractivity contribution in [3.63, 3.8) is 0 Å². The molecule has 0 saturated carbocycles. The summed E-state index contributed by atoms with van der Waals surface area (Å²) in [5.74, 6) is -1.78. The zero-order chi connectivity index (χ0) is 13.9. The number of benzene rings is 1. The van der Waals surface area contributed by atoms with Crippen LogP contribution in [0.4, 0.5) is 14.5 Å². The van der Waals surface area contributed by atoms with Crippen molar-refractivity contribution in [2.24, 2.45) is 5.92 Å². The van der Waals surface area contributed by atoms with E-state index in [9.17, 15) is 13.6 Å². The lowest BCUT2D eigenvalue weighted by atomic mass is 10.1. The minimum Gasteiger partial charge on any atom is -0.396 e. The van der Waals surface area contributed by atoms with E-state index in [0.717, 1.165) is 12.5 Å². The van der Waals surface area contributed by atoms with Crippen LogP contribution in [-0.2, 0) is 0 Å². The molecular weight excluding hydrogens is 238 g/mol. The average Bonchev–Trinajstić information content (AvgIpc) is 2.29. The summed E-state index contributed by atoms with van der Waals surface area (Å²) in [7, 11) is 1.59. The maximum atomic E-state index is 13.5. The van der Waals surface area contributed by atoms with Crippen molar-refractivity contribution >= 4 is 11.6 Å². The molecular formula is C13H18F2N2O. The molecule has 3 nitrogen and oxygen atoms in total. The van der Waals surface area contributed by atoms with Crippen molar-refractivity contribution in [2.45, 2.75) is 20.3 Å². The summed E-state index contributed by atoms with van der Waals surface area (Å²) in [6, 6.07) is 1.68. The van der Waals surface area contributed by atoms with Crippen molar-refractivity contribution in [3.05, 3.63) is 29.3 Å². The number of carbonyl (C=O) groups excluding carboxylic acids is 1. The van der Waals surface area contributed by atoms with Gasteiger partial charge in [0.2, 0.25) is 0 Å². The van der Waals surface area contributed by atoms with E-state index in [1.54, 1.807) is 7.05 Å². The van der Waals surface area contributed by atoms with Crippen LogP contribution < -0.4 is 5.73 Å². The van der Waals surface area contributed by atoms with E-state index in [1.807, 2.05) is 13.8 Å². The molecule has 0 bridgehead atoms. The Kier molecular flexibility index (Phi) is 4.64. The summed E-state index contributed by atoms with van der Waals surface area (Å²) in [5.41, 5.74) is 4.92. The van der Waals surface area contributed by atoms with Gasteiger partial charge in [0.05, 0.1) is 11.3 Å². The minimum absolute atomic E-state index is 0.194. The van der Waals surface area contributed by atoms with Crippen LogP contribution in [0.1, 0.15) is 30.6 Å². The van der Waals surface area contributed by atoms with Crippen LogP contribution in [0, 0.1) is 17.6 Å². The molecule has 1 rings (SSSR count). The number of nitrogens with two attached hydrogens (primary N) is 1. The zero-order valence-corrected chi connectivity index (χ0v) is 10.8. The van der Waals surface area contributed by atoms with Crippen molar-refractivity contribution in [1.29, 1.82) is 0 Å². The van der Waals surface area contributed by atoms with Crippen molar-refractivity contribution in [1.82, 2.24) is 4.90 Å². The van der Waals surface area contributed by atoms with Crippen LogP contribution in [0.15, 0.2) is 12.1 Å². The molecule has 0 spiro atoms. The standard InChI is InChI=1S/C13H18F2N2O/c1-8(2)4-5-17(3)13(18)9-6-12(16)11(15)7-10(9)14/h6-8H,4-5,16H2,1-3H3. The fourth-order valence-electron chi connectivity index (χ4n) is 1.49. The number of carbonyl (C=O) groups is 1. The number of hydrogen-bond donors (Lipinski definition) is 1. The summed E-state index contributed by atoms with van der Waals surface area (Å²) in [4.78, 5) is 13.4. The second kappa shape index (κ2) is 5.80. The highest BCUT2D eigenvalue weighted by Crippen LogP contribution is 2.18. The van der Waals surface area contributed by atoms with Crippen molar-refractivity contribution < 1.29 is 13.6 Å². The van der Waals surface area contributed by atoms with Crippen molar-refractivity contribution in [3.8, 4) is 0 Å². The van der Waals surface area contributed by atoms with Crippen LogP contribution in [0.5, 0.6) is 0 Å². The first-order valence-electron chi connectivity index (χ1n) is 5.83. The van der Waals surface area contributed by atoms with Crippen LogP contribution in [0.2, 0.25) is 0 Å². The van der Waals surface area contributed by atoms with E-state index < -0.39 is 17.5 Å². The predicted octanol–water partition coefficient (Wildman–Crippen LogP) is 2.67. The Bertz CT molecular complexity index is 447. The number of hydrogen-bond acceptors (Lipinski definition) is 2. The Morgan fingerprint density at radius 2 is 1.94 bits per heavy atom. The molecule has 0 heterocycles. The lowest BCUT2D eigenvalue weighted by Crippen LogP contribution is -2.29. The van der Waals surface area contributed by atoms with Gasteiger partial charge in [-0.15, -0.1) is 0 Å². The van der Waals surface area contributed by atoms with Gasteiger partial charge in [-0.05, 0) is 18.4 Å². The Hall–Kier alpha value is -1.65. The summed E-state index contributed by atoms with van der Waals surface area (Å²) < 4.78 is 26.5. The number of halogens is 2. The average molecular weight is 256 g/mol. The van der Waals surface area contributed by atoms with Crippen LogP contribution in [-0.4, -0.2) is 24.4 Å². The Morgan fingerprint density at radius 1 is 1.33 bits per heavy atom. The van der Waals surface area contributed by atoms with Crippen LogP contribution in [0.25, 0.3) is 0 Å². The SMILES string of the molecule is CC(C)CCN(C)C(=O)c1cc(N)c(F)cc1F. The molecule has 0 radical (unpaired) electrons. The first-order chi connectivity index (χ1) is 8.32. The van der Waals surface area contributed by atoms with E-state index in [1.165, 1.54) is 4.90 Å². The quantitative estimate of drug-likeness (QED) is 0.842. The van der Waals surface area contributed by atoms with E-state index >= 15 is 0 Å². The number of rotatable bonds is 4. The molecule has 0 aliphatic rings. The number of anilines is 1. The smallest absolute Gasteiger partial charge is 0.256 e. The Balaban J connectivity index is 2.87. The molecule has 0 aromatic heterocycles. The molecule has 1 aromatic carbocycles. The maximum Gasteiger partial charge on any atom is 0.256 e. The van der Waals surface area contributed by atoms with Gasteiger partial charge < -0.3 is 10.6 Å². The third-order valence-electron chi connectivity index (χ3n) is 2.71. The first-order valence-corrected chi connectivity index (χ1v) is 5.83. The van der Waals surface area contributed by atoms with Crippen LogP contribution in [0.3, 0.4) is 0 Å². The Morgan fingerprint density at radius 3 is 2.50 bits per heavy atom. The molecule has 0 unspecified atom stereocenters. The second-order valence-electron chi connectivity index (χ2n) is 4.76. The monoisotopic (exact) mass is 256 g/mol. The van der Waals surface area contributed by atoms with Crippen LogP contribution >= 0.6 is 0 Å². The zero-order valence-electron chi connectivity index (χ0n) is 10.8. The normalized spacial score (nSPS) is 10.8. The lowest BCUT2D eigenvalue weighted by Gasteiger charge is -2.19. The van der Waals surface area contributed by atoms with Gasteiger partial charge in [-0.2, -0.15) is 0 Å². The molecule has 100 valence electrons. The molecule has 0 atom stereocenters. The van der Waals surface area contributed by atoms with Gasteiger partial charge in [-0.25, -0.2) is 8.78 Å². The van der Waals surface area contributed by atoms with Gasteiger partial charge >= 0.3 is 0 Å². The highest BCUT2D eigenvalue weighted by Gasteiger charge is 2.18. The first kappa shape index (κ1) is 14.4. The highest BCUT2D eigenvalue weighted by molar-refractivity contribution is 5.95. The second-order valence-corrected chi connectivity index (χ2v) is 4.76. The molecule has 5 heteroatoms. The summed E-state index contributed by atoms with van der Waals surface area (Å²) >= 11 is 0. The fraction of sp³-hybridized carbons (Fsp3) is 0.462. The van der Waals surface area contributed by atoms with E-state index in [4.69, 9.17) is 5.73 Å². The Labute approximate surface area is 106 Å². The van der Waals surface area contributed by atoms with Gasteiger partial charge in [0.15, 0.2) is 0 Å². The largest absolute Gasteiger partial charge is 0.396 e. The molecule has 1 aromatic rings. The van der Waals surface area contributed by atoms with E-state index in [0.29, 0.717) is 18.5 Å². The van der Waals surface area contributed by atoms with Gasteiger partial charge in [0, 0.05) is 19.7 Å². The van der Waals surface area contributed by atoms with E-state index in [-0.39, 0.29) is 11.3 Å². The van der Waals surface area contributed by atoms with Gasteiger partial charge in [-0.3, -0.25) is 4.79 Å². The molecule has 0 fully saturated rings. The number of nitrogen functional groups attached to an aromatic ring is 1. The summed E-state index contributed by atoms with van der Waals surface area (Å²) in [6.07, 6.45) is 0.820. The number of nitrogens with zero attached hydrogens (tertiary/aromatic N) is 1.